The van der Waals surface area contributed by atoms with Crippen molar-refractivity contribution in [2.75, 3.05) is 19.7 Å². The second kappa shape index (κ2) is 5.69. The summed E-state index contributed by atoms with van der Waals surface area (Å²) in [6, 6.07) is 11.3. The van der Waals surface area contributed by atoms with Crippen LogP contribution in [0.25, 0.3) is 0 Å². The van der Waals surface area contributed by atoms with Gasteiger partial charge in [-0.2, -0.15) is 0 Å². The van der Waals surface area contributed by atoms with Gasteiger partial charge in [0, 0.05) is 13.1 Å². The molecule has 1 aliphatic rings. The normalized spacial score (nSPS) is 20.1. The molecule has 2 heterocycles. The lowest BCUT2D eigenvalue weighted by molar-refractivity contribution is -0.0348. The van der Waals surface area contributed by atoms with E-state index in [0.717, 1.165) is 36.7 Å². The van der Waals surface area contributed by atoms with Crippen molar-refractivity contribution in [2.24, 2.45) is 0 Å². The molecule has 1 aliphatic heterocycles. The third kappa shape index (κ3) is 3.03. The minimum Gasteiger partial charge on any atom is -0.508 e. The fourth-order valence-corrected chi connectivity index (χ4v) is 2.56. The van der Waals surface area contributed by atoms with Crippen molar-refractivity contribution in [3.8, 4) is 5.75 Å². The van der Waals surface area contributed by atoms with E-state index < -0.39 is 0 Å². The van der Waals surface area contributed by atoms with E-state index in [0.29, 0.717) is 6.61 Å². The molecule has 1 aromatic heterocycles. The zero-order valence-electron chi connectivity index (χ0n) is 11.6. The molecule has 4 nitrogen and oxygen atoms in total. The monoisotopic (exact) mass is 273 g/mol. The molecule has 0 aliphatic carbocycles. The van der Waals surface area contributed by atoms with E-state index in [1.807, 2.05) is 31.2 Å². The van der Waals surface area contributed by atoms with Crippen molar-refractivity contribution in [2.45, 2.75) is 19.6 Å². The highest BCUT2D eigenvalue weighted by atomic mass is 16.5. The molecule has 1 saturated heterocycles. The minimum atomic E-state index is 0.00640. The summed E-state index contributed by atoms with van der Waals surface area (Å²) in [5.74, 6) is 2.21. The Hall–Kier alpha value is -1.78. The van der Waals surface area contributed by atoms with Gasteiger partial charge in [0.15, 0.2) is 0 Å². The smallest absolute Gasteiger partial charge is 0.118 e. The largest absolute Gasteiger partial charge is 0.508 e. The molecule has 1 atom stereocenters. The van der Waals surface area contributed by atoms with Crippen molar-refractivity contribution < 1.29 is 14.3 Å². The van der Waals surface area contributed by atoms with Crippen LogP contribution in [0.4, 0.5) is 0 Å². The summed E-state index contributed by atoms with van der Waals surface area (Å²) in [7, 11) is 0. The SMILES string of the molecule is Cc1ccc(CN2CCO[C@H](c3cccc(O)c3)C2)o1. The lowest BCUT2D eigenvalue weighted by Gasteiger charge is -2.32. The van der Waals surface area contributed by atoms with Crippen molar-refractivity contribution in [3.05, 3.63) is 53.5 Å². The molecule has 0 saturated carbocycles. The Bertz CT molecular complexity index is 579. The lowest BCUT2D eigenvalue weighted by Crippen LogP contribution is -2.37. The Morgan fingerprint density at radius 3 is 2.95 bits per heavy atom. The number of phenolic OH excluding ortho intramolecular Hbond substituents is 1. The zero-order chi connectivity index (χ0) is 13.9. The fourth-order valence-electron chi connectivity index (χ4n) is 2.56. The maximum Gasteiger partial charge on any atom is 0.118 e. The van der Waals surface area contributed by atoms with Crippen LogP contribution < -0.4 is 0 Å². The number of aromatic hydroxyl groups is 1. The molecule has 1 N–H and O–H groups in total. The van der Waals surface area contributed by atoms with Gasteiger partial charge in [-0.25, -0.2) is 0 Å². The van der Waals surface area contributed by atoms with Crippen LogP contribution in [0.15, 0.2) is 40.8 Å². The molecule has 4 heteroatoms. The number of rotatable bonds is 3. The molecule has 3 rings (SSSR count). The van der Waals surface area contributed by atoms with Crippen LogP contribution in [0, 0.1) is 6.92 Å². The van der Waals surface area contributed by atoms with Crippen LogP contribution in [0.5, 0.6) is 5.75 Å². The van der Waals surface area contributed by atoms with E-state index >= 15 is 0 Å². The summed E-state index contributed by atoms with van der Waals surface area (Å²) in [6.07, 6.45) is 0.00640. The molecule has 0 bridgehead atoms. The van der Waals surface area contributed by atoms with Crippen LogP contribution in [0.1, 0.15) is 23.2 Å². The number of ether oxygens (including phenoxy) is 1. The second-order valence-corrected chi connectivity index (χ2v) is 5.20. The first-order valence-electron chi connectivity index (χ1n) is 6.89. The maximum atomic E-state index is 9.56. The summed E-state index contributed by atoms with van der Waals surface area (Å²) in [5.41, 5.74) is 1.02. The number of phenols is 1. The summed E-state index contributed by atoms with van der Waals surface area (Å²) in [6.45, 7) is 5.16. The highest BCUT2D eigenvalue weighted by Crippen LogP contribution is 2.25. The van der Waals surface area contributed by atoms with E-state index in [1.165, 1.54) is 0 Å². The van der Waals surface area contributed by atoms with Crippen LogP contribution in [0.2, 0.25) is 0 Å². The van der Waals surface area contributed by atoms with Crippen LogP contribution in [-0.4, -0.2) is 29.7 Å². The number of furan rings is 1. The summed E-state index contributed by atoms with van der Waals surface area (Å²) in [5, 5.41) is 9.56. The van der Waals surface area contributed by atoms with E-state index in [9.17, 15) is 5.11 Å². The van der Waals surface area contributed by atoms with E-state index in [2.05, 4.69) is 4.90 Å². The first-order chi connectivity index (χ1) is 9.70. The highest BCUT2D eigenvalue weighted by Gasteiger charge is 2.22. The average Bonchev–Trinajstić information content (AvgIpc) is 2.84. The average molecular weight is 273 g/mol. The first kappa shape index (κ1) is 13.2. The molecule has 106 valence electrons. The number of benzene rings is 1. The Balaban J connectivity index is 1.67. The molecule has 0 radical (unpaired) electrons. The van der Waals surface area contributed by atoms with Gasteiger partial charge in [-0.05, 0) is 36.8 Å². The lowest BCUT2D eigenvalue weighted by atomic mass is 10.1. The Kier molecular flexibility index (Phi) is 3.76. The second-order valence-electron chi connectivity index (χ2n) is 5.20. The van der Waals surface area contributed by atoms with Gasteiger partial charge in [0.05, 0.1) is 19.3 Å². The van der Waals surface area contributed by atoms with Crippen molar-refractivity contribution in [1.82, 2.24) is 4.90 Å². The van der Waals surface area contributed by atoms with Gasteiger partial charge in [0.2, 0.25) is 0 Å². The Morgan fingerprint density at radius 1 is 1.30 bits per heavy atom. The molecule has 1 fully saturated rings. The number of nitrogens with zero attached hydrogens (tertiary/aromatic N) is 1. The van der Waals surface area contributed by atoms with Crippen molar-refractivity contribution in [1.29, 1.82) is 0 Å². The van der Waals surface area contributed by atoms with Gasteiger partial charge in [-0.3, -0.25) is 4.90 Å². The van der Waals surface area contributed by atoms with E-state index in [4.69, 9.17) is 9.15 Å². The molecule has 0 unspecified atom stereocenters. The highest BCUT2D eigenvalue weighted by molar-refractivity contribution is 5.29. The number of morpholine rings is 1. The molecule has 0 spiro atoms. The topological polar surface area (TPSA) is 45.8 Å². The minimum absolute atomic E-state index is 0.00640. The maximum absolute atomic E-state index is 9.56. The first-order valence-corrected chi connectivity index (χ1v) is 6.89. The molecule has 1 aromatic carbocycles. The fraction of sp³-hybridized carbons (Fsp3) is 0.375. The van der Waals surface area contributed by atoms with Crippen LogP contribution in [-0.2, 0) is 11.3 Å². The van der Waals surface area contributed by atoms with Gasteiger partial charge in [0.25, 0.3) is 0 Å². The molecular formula is C16H19NO3. The predicted octanol–water partition coefficient (Wildman–Crippen LogP) is 2.87. The summed E-state index contributed by atoms with van der Waals surface area (Å²) in [4.78, 5) is 2.32. The summed E-state index contributed by atoms with van der Waals surface area (Å²) < 4.78 is 11.4. The van der Waals surface area contributed by atoms with E-state index in [1.54, 1.807) is 12.1 Å². The number of hydrogen-bond donors (Lipinski definition) is 1. The van der Waals surface area contributed by atoms with Crippen LogP contribution >= 0.6 is 0 Å². The molecular weight excluding hydrogens is 254 g/mol. The van der Waals surface area contributed by atoms with Gasteiger partial charge in [-0.15, -0.1) is 0 Å². The zero-order valence-corrected chi connectivity index (χ0v) is 11.6. The van der Waals surface area contributed by atoms with Gasteiger partial charge in [-0.1, -0.05) is 12.1 Å². The Labute approximate surface area is 118 Å². The van der Waals surface area contributed by atoms with Crippen molar-refractivity contribution in [3.63, 3.8) is 0 Å². The molecule has 20 heavy (non-hydrogen) atoms. The third-order valence-corrected chi connectivity index (χ3v) is 3.57. The predicted molar refractivity (Wildman–Crippen MR) is 75.5 cm³/mol. The Morgan fingerprint density at radius 2 is 2.20 bits per heavy atom. The summed E-state index contributed by atoms with van der Waals surface area (Å²) >= 11 is 0. The van der Waals surface area contributed by atoms with Crippen molar-refractivity contribution >= 4 is 0 Å². The molecule has 2 aromatic rings. The third-order valence-electron chi connectivity index (χ3n) is 3.57. The van der Waals surface area contributed by atoms with E-state index in [-0.39, 0.29) is 11.9 Å². The van der Waals surface area contributed by atoms with Crippen LogP contribution in [0.3, 0.4) is 0 Å². The number of hydrogen-bond acceptors (Lipinski definition) is 4. The quantitative estimate of drug-likeness (QED) is 0.934. The van der Waals surface area contributed by atoms with Gasteiger partial charge >= 0.3 is 0 Å². The van der Waals surface area contributed by atoms with Gasteiger partial charge in [0.1, 0.15) is 17.3 Å². The standard InChI is InChI=1S/C16H19NO3/c1-12-5-6-15(20-12)10-17-7-8-19-16(11-17)13-3-2-4-14(18)9-13/h2-6,9,16,18H,7-8,10-11H2,1H3/t16-/m0/s1. The molecule has 0 amide bonds. The van der Waals surface area contributed by atoms with Gasteiger partial charge < -0.3 is 14.3 Å². The number of aryl methyl sites for hydroxylation is 1.